The molecule has 6 atom stereocenters. The van der Waals surface area contributed by atoms with Crippen molar-refractivity contribution in [3.05, 3.63) is 24.3 Å². The average Bonchev–Trinajstić information content (AvgIpc) is 3.39. The summed E-state index contributed by atoms with van der Waals surface area (Å²) < 4.78 is 4.10. The number of methoxy groups -OCH3 is 1. The van der Waals surface area contributed by atoms with E-state index in [1.54, 1.807) is 48.0 Å². The predicted molar refractivity (Wildman–Crippen MR) is 136 cm³/mol. The molecule has 3 aliphatic rings. The van der Waals surface area contributed by atoms with Crippen molar-refractivity contribution in [1.29, 1.82) is 0 Å². The van der Waals surface area contributed by atoms with Crippen LogP contribution in [0.3, 0.4) is 0 Å². The van der Waals surface area contributed by atoms with Crippen LogP contribution in [-0.4, -0.2) is 69.6 Å². The van der Waals surface area contributed by atoms with Crippen LogP contribution in [0.1, 0.15) is 47.0 Å². The first-order valence-corrected chi connectivity index (χ1v) is 13.3. The van der Waals surface area contributed by atoms with Crippen molar-refractivity contribution in [1.82, 2.24) is 10.2 Å². The summed E-state index contributed by atoms with van der Waals surface area (Å²) in [6.07, 6.45) is 2.25. The largest absolute Gasteiger partial charge is 0.497 e. The Labute approximate surface area is 211 Å². The maximum atomic E-state index is 14.1. The van der Waals surface area contributed by atoms with Crippen molar-refractivity contribution >= 4 is 35.2 Å². The number of nitrogens with zero attached hydrogens (tertiary/aromatic N) is 1. The number of aliphatic hydroxyl groups excluding tert-OH is 1. The van der Waals surface area contributed by atoms with E-state index in [0.29, 0.717) is 24.4 Å². The first-order valence-electron chi connectivity index (χ1n) is 12.5. The molecule has 3 saturated heterocycles. The number of rotatable bonds is 9. The molecule has 0 radical (unpaired) electrons. The second-order valence-electron chi connectivity index (χ2n) is 10.5. The topological polar surface area (TPSA) is 108 Å². The van der Waals surface area contributed by atoms with E-state index in [0.717, 1.165) is 12.8 Å². The lowest BCUT2D eigenvalue weighted by atomic mass is 9.66. The van der Waals surface area contributed by atoms with Gasteiger partial charge in [0.25, 0.3) is 0 Å². The Morgan fingerprint density at radius 1 is 1.23 bits per heavy atom. The fourth-order valence-corrected chi connectivity index (χ4v) is 8.63. The quantitative estimate of drug-likeness (QED) is 0.478. The third kappa shape index (κ3) is 4.10. The molecule has 0 aliphatic carbocycles. The molecule has 35 heavy (non-hydrogen) atoms. The summed E-state index contributed by atoms with van der Waals surface area (Å²) in [6.45, 7) is 8.25. The number of amides is 3. The normalized spacial score (nSPS) is 32.0. The van der Waals surface area contributed by atoms with E-state index in [9.17, 15) is 19.5 Å². The molecule has 3 N–H and O–H groups in total. The third-order valence-corrected chi connectivity index (χ3v) is 9.95. The maximum absolute atomic E-state index is 14.1. The first-order chi connectivity index (χ1) is 16.6. The second-order valence-corrected chi connectivity index (χ2v) is 12.4. The molecular formula is C26H37N3O5S. The van der Waals surface area contributed by atoms with Gasteiger partial charge in [-0.05, 0) is 56.4 Å². The van der Waals surface area contributed by atoms with Crippen LogP contribution in [0, 0.1) is 17.8 Å². The fraction of sp³-hybridized carbons (Fsp3) is 0.654. The van der Waals surface area contributed by atoms with E-state index < -0.39 is 33.4 Å². The van der Waals surface area contributed by atoms with E-state index in [2.05, 4.69) is 17.6 Å². The van der Waals surface area contributed by atoms with E-state index >= 15 is 0 Å². The van der Waals surface area contributed by atoms with Gasteiger partial charge in [-0.1, -0.05) is 20.8 Å². The number of fused-ring (bicyclic) bond motifs is 1. The van der Waals surface area contributed by atoms with Gasteiger partial charge in [0.15, 0.2) is 0 Å². The van der Waals surface area contributed by atoms with Crippen LogP contribution in [0.2, 0.25) is 0 Å². The molecule has 192 valence electrons. The summed E-state index contributed by atoms with van der Waals surface area (Å²) in [5.74, 6) is -1.06. The van der Waals surface area contributed by atoms with Gasteiger partial charge in [0.1, 0.15) is 11.8 Å². The monoisotopic (exact) mass is 503 g/mol. The number of benzene rings is 1. The number of thioether (sulfide) groups is 1. The number of nitrogens with one attached hydrogen (secondary N) is 2. The minimum Gasteiger partial charge on any atom is -0.497 e. The van der Waals surface area contributed by atoms with Crippen LogP contribution < -0.4 is 15.4 Å². The average molecular weight is 504 g/mol. The SMILES string of the molecule is CCCNC(=O)[C@@H]1[C@H]2C(=O)N([C@@H](CO)C(C)C)C(C(=O)Nc3ccc(OC)cc3)C23CC[C@@]1(C)S3. The van der Waals surface area contributed by atoms with Crippen LogP contribution in [0.5, 0.6) is 5.75 Å². The molecule has 1 aromatic carbocycles. The Balaban J connectivity index is 1.74. The van der Waals surface area contributed by atoms with Gasteiger partial charge in [0, 0.05) is 17.0 Å². The highest BCUT2D eigenvalue weighted by Crippen LogP contribution is 2.71. The highest BCUT2D eigenvalue weighted by molar-refractivity contribution is 8.02. The third-order valence-electron chi connectivity index (χ3n) is 7.97. The van der Waals surface area contributed by atoms with Gasteiger partial charge >= 0.3 is 0 Å². The molecular weight excluding hydrogens is 466 g/mol. The van der Waals surface area contributed by atoms with Crippen LogP contribution in [0.25, 0.3) is 0 Å². The number of anilines is 1. The van der Waals surface area contributed by atoms with Crippen molar-refractivity contribution in [2.24, 2.45) is 17.8 Å². The van der Waals surface area contributed by atoms with E-state index in [1.165, 1.54) is 0 Å². The van der Waals surface area contributed by atoms with Crippen LogP contribution in [0.15, 0.2) is 24.3 Å². The number of hydrogen-bond acceptors (Lipinski definition) is 6. The lowest BCUT2D eigenvalue weighted by molar-refractivity contribution is -0.143. The molecule has 9 heteroatoms. The minimum atomic E-state index is -0.780. The zero-order valence-electron chi connectivity index (χ0n) is 21.2. The molecule has 0 saturated carbocycles. The zero-order chi connectivity index (χ0) is 25.5. The molecule has 0 aromatic heterocycles. The lowest BCUT2D eigenvalue weighted by Gasteiger charge is -2.38. The number of carbonyl (C=O) groups is 3. The Kier molecular flexibility index (Phi) is 7.12. The summed E-state index contributed by atoms with van der Waals surface area (Å²) in [5, 5.41) is 16.3. The summed E-state index contributed by atoms with van der Waals surface area (Å²) in [7, 11) is 1.58. The van der Waals surface area contributed by atoms with Gasteiger partial charge in [-0.2, -0.15) is 0 Å². The Morgan fingerprint density at radius 2 is 1.91 bits per heavy atom. The summed E-state index contributed by atoms with van der Waals surface area (Å²) >= 11 is 1.64. The summed E-state index contributed by atoms with van der Waals surface area (Å²) in [4.78, 5) is 42.9. The minimum absolute atomic E-state index is 0.0550. The zero-order valence-corrected chi connectivity index (χ0v) is 22.0. The van der Waals surface area contributed by atoms with Crippen molar-refractivity contribution in [3.8, 4) is 5.75 Å². The van der Waals surface area contributed by atoms with Gasteiger partial charge in [0.2, 0.25) is 17.7 Å². The fourth-order valence-electron chi connectivity index (χ4n) is 6.28. The van der Waals surface area contributed by atoms with Crippen molar-refractivity contribution < 1.29 is 24.2 Å². The molecule has 4 rings (SSSR count). The summed E-state index contributed by atoms with van der Waals surface area (Å²) in [5.41, 5.74) is 0.606. The number of hydrogen-bond donors (Lipinski definition) is 3. The van der Waals surface area contributed by atoms with E-state index in [4.69, 9.17) is 4.74 Å². The number of aliphatic hydroxyl groups is 1. The van der Waals surface area contributed by atoms with Gasteiger partial charge in [-0.3, -0.25) is 14.4 Å². The number of likely N-dealkylation sites (tertiary alicyclic amines) is 1. The van der Waals surface area contributed by atoms with Crippen LogP contribution >= 0.6 is 11.8 Å². The van der Waals surface area contributed by atoms with Crippen LogP contribution in [-0.2, 0) is 14.4 Å². The Bertz CT molecular complexity index is 986. The van der Waals surface area contributed by atoms with Crippen LogP contribution in [0.4, 0.5) is 5.69 Å². The molecule has 2 unspecified atom stereocenters. The molecule has 1 aromatic rings. The Hall–Kier alpha value is -2.26. The van der Waals surface area contributed by atoms with E-state index in [1.807, 2.05) is 20.8 Å². The smallest absolute Gasteiger partial charge is 0.248 e. The number of carbonyl (C=O) groups excluding carboxylic acids is 3. The van der Waals surface area contributed by atoms with Gasteiger partial charge in [-0.15, -0.1) is 11.8 Å². The molecule has 3 aliphatic heterocycles. The molecule has 3 fully saturated rings. The first kappa shape index (κ1) is 25.8. The molecule has 2 bridgehead atoms. The van der Waals surface area contributed by atoms with E-state index in [-0.39, 0.29) is 30.2 Å². The number of ether oxygens (including phenoxy) is 1. The second kappa shape index (κ2) is 9.65. The predicted octanol–water partition coefficient (Wildman–Crippen LogP) is 2.66. The molecule has 3 amide bonds. The van der Waals surface area contributed by atoms with Crippen molar-refractivity contribution in [2.45, 2.75) is 68.5 Å². The summed E-state index contributed by atoms with van der Waals surface area (Å²) in [6, 6.07) is 5.77. The molecule has 8 nitrogen and oxygen atoms in total. The molecule has 3 heterocycles. The molecule has 1 spiro atoms. The van der Waals surface area contributed by atoms with Gasteiger partial charge < -0.3 is 25.4 Å². The Morgan fingerprint density at radius 3 is 2.49 bits per heavy atom. The van der Waals surface area contributed by atoms with Crippen molar-refractivity contribution in [2.75, 3.05) is 25.6 Å². The highest BCUT2D eigenvalue weighted by atomic mass is 32.2. The van der Waals surface area contributed by atoms with Gasteiger partial charge in [0.05, 0.1) is 36.3 Å². The van der Waals surface area contributed by atoms with Gasteiger partial charge in [-0.25, -0.2) is 0 Å². The van der Waals surface area contributed by atoms with Crippen molar-refractivity contribution in [3.63, 3.8) is 0 Å². The lowest BCUT2D eigenvalue weighted by Crippen LogP contribution is -2.56. The highest BCUT2D eigenvalue weighted by Gasteiger charge is 2.77. The maximum Gasteiger partial charge on any atom is 0.248 e. The standard InChI is InChI=1S/C26H37N3O5S/c1-6-13-27-22(31)19-20-24(33)29(18(14-30)15(2)3)21(26(20)12-11-25(19,4)35-26)23(32)28-16-7-9-17(34-5)10-8-16/h7-10,15,18-21,30H,6,11-14H2,1-5H3,(H,27,31)(H,28,32)/t18-,19-,20-,21?,25+,26?/m0/s1.